The van der Waals surface area contributed by atoms with Crippen LogP contribution >= 0.6 is 0 Å². The number of aliphatic hydroxyl groups is 1. The highest BCUT2D eigenvalue weighted by molar-refractivity contribution is 5.94. The first kappa shape index (κ1) is 11.6. The molecule has 0 fully saturated rings. The predicted octanol–water partition coefficient (Wildman–Crippen LogP) is 0.721. The average Bonchev–Trinajstić information content (AvgIpc) is 2.26. The second-order valence-electron chi connectivity index (χ2n) is 3.10. The number of aromatic nitrogens is 1. The van der Waals surface area contributed by atoms with Crippen LogP contribution in [0.5, 0.6) is 0 Å². The number of aliphatic hydroxyl groups excluding tert-OH is 1. The third kappa shape index (κ3) is 2.99. The molecule has 1 atom stereocenters. The molecule has 1 rings (SSSR count). The van der Waals surface area contributed by atoms with Gasteiger partial charge in [0.2, 0.25) is 5.95 Å². The highest BCUT2D eigenvalue weighted by Crippen LogP contribution is 2.03. The molecule has 0 aromatic carbocycles. The van der Waals surface area contributed by atoms with E-state index in [0.29, 0.717) is 6.42 Å². The third-order valence-electron chi connectivity index (χ3n) is 2.05. The molecule has 1 aromatic heterocycles. The summed E-state index contributed by atoms with van der Waals surface area (Å²) in [5.41, 5.74) is -0.107. The maximum absolute atomic E-state index is 13.1. The summed E-state index contributed by atoms with van der Waals surface area (Å²) >= 11 is 0. The van der Waals surface area contributed by atoms with Crippen molar-refractivity contribution in [1.29, 1.82) is 0 Å². The Bertz CT molecular complexity index is 340. The van der Waals surface area contributed by atoms with Gasteiger partial charge in [-0.1, -0.05) is 6.92 Å². The minimum Gasteiger partial charge on any atom is -0.394 e. The van der Waals surface area contributed by atoms with E-state index in [1.165, 1.54) is 18.3 Å². The van der Waals surface area contributed by atoms with E-state index < -0.39 is 11.9 Å². The predicted molar refractivity (Wildman–Crippen MR) is 52.8 cm³/mol. The van der Waals surface area contributed by atoms with Gasteiger partial charge in [-0.05, 0) is 18.6 Å². The number of hydrogen-bond donors (Lipinski definition) is 2. The molecule has 1 aromatic rings. The molecule has 0 saturated heterocycles. The van der Waals surface area contributed by atoms with Crippen LogP contribution in [0.3, 0.4) is 0 Å². The molecule has 0 saturated carbocycles. The molecule has 1 heterocycles. The van der Waals surface area contributed by atoms with Crippen LogP contribution in [0.1, 0.15) is 23.7 Å². The molecule has 0 radical (unpaired) electrons. The zero-order valence-corrected chi connectivity index (χ0v) is 8.40. The van der Waals surface area contributed by atoms with Gasteiger partial charge in [-0.3, -0.25) is 4.79 Å². The van der Waals surface area contributed by atoms with Crippen molar-refractivity contribution < 1.29 is 14.3 Å². The summed E-state index contributed by atoms with van der Waals surface area (Å²) < 4.78 is 13.1. The van der Waals surface area contributed by atoms with Crippen LogP contribution in [-0.4, -0.2) is 28.6 Å². The lowest BCUT2D eigenvalue weighted by molar-refractivity contribution is 0.0910. The van der Waals surface area contributed by atoms with Crippen LogP contribution in [0.4, 0.5) is 4.39 Å². The Kier molecular flexibility index (Phi) is 4.17. The average molecular weight is 212 g/mol. The van der Waals surface area contributed by atoms with Crippen molar-refractivity contribution in [2.75, 3.05) is 6.61 Å². The molecule has 0 aliphatic rings. The zero-order valence-electron chi connectivity index (χ0n) is 8.40. The summed E-state index contributed by atoms with van der Waals surface area (Å²) in [4.78, 5) is 14.9. The van der Waals surface area contributed by atoms with Gasteiger partial charge in [0.15, 0.2) is 0 Å². The minimum atomic E-state index is -0.803. The van der Waals surface area contributed by atoms with Gasteiger partial charge >= 0.3 is 0 Å². The van der Waals surface area contributed by atoms with E-state index in [1.54, 1.807) is 0 Å². The van der Waals surface area contributed by atoms with Crippen LogP contribution < -0.4 is 5.32 Å². The largest absolute Gasteiger partial charge is 0.394 e. The first-order valence-electron chi connectivity index (χ1n) is 4.71. The number of amides is 1. The number of carbonyl (C=O) groups is 1. The molecule has 2 N–H and O–H groups in total. The highest BCUT2D eigenvalue weighted by atomic mass is 19.1. The van der Waals surface area contributed by atoms with Gasteiger partial charge < -0.3 is 10.4 Å². The molecule has 1 amide bonds. The fourth-order valence-corrected chi connectivity index (χ4v) is 1.10. The first-order valence-corrected chi connectivity index (χ1v) is 4.71. The van der Waals surface area contributed by atoms with Gasteiger partial charge in [-0.25, -0.2) is 4.98 Å². The second kappa shape index (κ2) is 5.41. The summed E-state index contributed by atoms with van der Waals surface area (Å²) in [6.45, 7) is 1.66. The molecule has 0 aliphatic heterocycles. The van der Waals surface area contributed by atoms with E-state index in [0.717, 1.165) is 0 Å². The van der Waals surface area contributed by atoms with Gasteiger partial charge in [0.1, 0.15) is 0 Å². The van der Waals surface area contributed by atoms with Crippen LogP contribution in [0, 0.1) is 5.95 Å². The van der Waals surface area contributed by atoms with Crippen molar-refractivity contribution >= 4 is 5.91 Å². The smallest absolute Gasteiger partial charge is 0.256 e. The second-order valence-corrected chi connectivity index (χ2v) is 3.10. The van der Waals surface area contributed by atoms with Crippen molar-refractivity contribution in [2.24, 2.45) is 0 Å². The van der Waals surface area contributed by atoms with Crippen molar-refractivity contribution in [3.05, 3.63) is 29.8 Å². The normalized spacial score (nSPS) is 12.2. The number of nitrogens with one attached hydrogen (secondary N) is 1. The van der Waals surface area contributed by atoms with E-state index in [1.807, 2.05) is 6.92 Å². The molecule has 0 spiro atoms. The van der Waals surface area contributed by atoms with Crippen LogP contribution in [0.25, 0.3) is 0 Å². The van der Waals surface area contributed by atoms with E-state index in [-0.39, 0.29) is 18.2 Å². The van der Waals surface area contributed by atoms with Crippen LogP contribution in [0.15, 0.2) is 18.3 Å². The summed E-state index contributed by atoms with van der Waals surface area (Å²) in [5, 5.41) is 11.4. The van der Waals surface area contributed by atoms with Gasteiger partial charge in [-0.2, -0.15) is 4.39 Å². The SMILES string of the molecule is CC[C@@H](CO)NC(=O)c1cccnc1F. The summed E-state index contributed by atoms with van der Waals surface area (Å²) in [6.07, 6.45) is 1.86. The third-order valence-corrected chi connectivity index (χ3v) is 2.05. The molecule has 5 heteroatoms. The Hall–Kier alpha value is -1.49. The number of carbonyl (C=O) groups excluding carboxylic acids is 1. The molecule has 4 nitrogen and oxygen atoms in total. The van der Waals surface area contributed by atoms with E-state index in [4.69, 9.17) is 5.11 Å². The Morgan fingerprint density at radius 2 is 2.47 bits per heavy atom. The van der Waals surface area contributed by atoms with E-state index in [2.05, 4.69) is 10.3 Å². The van der Waals surface area contributed by atoms with Gasteiger partial charge in [0.25, 0.3) is 5.91 Å². The van der Waals surface area contributed by atoms with E-state index in [9.17, 15) is 9.18 Å². The molecule has 0 unspecified atom stereocenters. The van der Waals surface area contributed by atoms with Gasteiger partial charge in [0, 0.05) is 6.20 Å². The Morgan fingerprint density at radius 1 is 1.73 bits per heavy atom. The molecular formula is C10H13FN2O2. The summed E-state index contributed by atoms with van der Waals surface area (Å²) in [6, 6.07) is 2.48. The van der Waals surface area contributed by atoms with Crippen molar-refractivity contribution in [2.45, 2.75) is 19.4 Å². The summed E-state index contributed by atoms with van der Waals surface area (Å²) in [5.74, 6) is -1.36. The number of pyridine rings is 1. The first-order chi connectivity index (χ1) is 7.19. The van der Waals surface area contributed by atoms with Crippen LogP contribution in [-0.2, 0) is 0 Å². The maximum Gasteiger partial charge on any atom is 0.256 e. The number of nitrogens with zero attached hydrogens (tertiary/aromatic N) is 1. The fourth-order valence-electron chi connectivity index (χ4n) is 1.10. The Balaban J connectivity index is 2.73. The molecule has 15 heavy (non-hydrogen) atoms. The maximum atomic E-state index is 13.1. The monoisotopic (exact) mass is 212 g/mol. The summed E-state index contributed by atoms with van der Waals surface area (Å²) in [7, 11) is 0. The number of rotatable bonds is 4. The van der Waals surface area contributed by atoms with Crippen molar-refractivity contribution in [1.82, 2.24) is 10.3 Å². The van der Waals surface area contributed by atoms with Crippen molar-refractivity contribution in [3.63, 3.8) is 0 Å². The lowest BCUT2D eigenvalue weighted by Crippen LogP contribution is -2.37. The Labute approximate surface area is 87.1 Å². The fraction of sp³-hybridized carbons (Fsp3) is 0.400. The zero-order chi connectivity index (χ0) is 11.3. The lowest BCUT2D eigenvalue weighted by atomic mass is 10.2. The van der Waals surface area contributed by atoms with Gasteiger partial charge in [0.05, 0.1) is 18.2 Å². The molecular weight excluding hydrogens is 199 g/mol. The molecule has 0 bridgehead atoms. The van der Waals surface area contributed by atoms with Crippen molar-refractivity contribution in [3.8, 4) is 0 Å². The lowest BCUT2D eigenvalue weighted by Gasteiger charge is -2.13. The highest BCUT2D eigenvalue weighted by Gasteiger charge is 2.14. The minimum absolute atomic E-state index is 0.107. The number of halogens is 1. The number of hydrogen-bond acceptors (Lipinski definition) is 3. The Morgan fingerprint density at radius 3 is 3.00 bits per heavy atom. The standard InChI is InChI=1S/C10H13FN2O2/c1-2-7(6-14)13-10(15)8-4-3-5-12-9(8)11/h3-5,7,14H,2,6H2,1H3,(H,13,15)/t7-/m0/s1. The quantitative estimate of drug-likeness (QED) is 0.723. The molecule has 82 valence electrons. The van der Waals surface area contributed by atoms with Crippen LogP contribution in [0.2, 0.25) is 0 Å². The van der Waals surface area contributed by atoms with E-state index >= 15 is 0 Å². The topological polar surface area (TPSA) is 62.2 Å². The van der Waals surface area contributed by atoms with Gasteiger partial charge in [-0.15, -0.1) is 0 Å². The molecule has 0 aliphatic carbocycles.